The van der Waals surface area contributed by atoms with Gasteiger partial charge in [-0.25, -0.2) is 8.42 Å². The number of sulfonamides is 1. The zero-order chi connectivity index (χ0) is 27.8. The summed E-state index contributed by atoms with van der Waals surface area (Å²) in [6.45, 7) is 0.166. The lowest BCUT2D eigenvalue weighted by Gasteiger charge is -2.22. The first-order valence-corrected chi connectivity index (χ1v) is 14.0. The van der Waals surface area contributed by atoms with Crippen LogP contribution in [0.5, 0.6) is 5.75 Å². The molecule has 1 atom stereocenters. The molecule has 0 spiro atoms. The zero-order valence-corrected chi connectivity index (χ0v) is 21.6. The van der Waals surface area contributed by atoms with Gasteiger partial charge in [-0.2, -0.15) is 4.31 Å². The van der Waals surface area contributed by atoms with Crippen LogP contribution in [0.3, 0.4) is 0 Å². The normalized spacial score (nSPS) is 19.0. The van der Waals surface area contributed by atoms with Gasteiger partial charge >= 0.3 is 6.36 Å². The summed E-state index contributed by atoms with van der Waals surface area (Å²) < 4.78 is 68.7. The predicted molar refractivity (Wildman–Crippen MR) is 143 cm³/mol. The third kappa shape index (κ3) is 5.66. The van der Waals surface area contributed by atoms with E-state index in [-0.39, 0.29) is 26.0 Å². The number of ether oxygens (including phenoxy) is 1. The molecule has 39 heavy (non-hydrogen) atoms. The molecule has 3 aromatic rings. The molecule has 0 unspecified atom stereocenters. The Balaban J connectivity index is 0.00000231. The molecule has 2 aliphatic rings. The van der Waals surface area contributed by atoms with Gasteiger partial charge in [-0.15, -0.1) is 13.2 Å². The van der Waals surface area contributed by atoms with Crippen LogP contribution in [0.15, 0.2) is 77.7 Å². The van der Waals surface area contributed by atoms with Crippen LogP contribution >= 0.6 is 0 Å². The van der Waals surface area contributed by atoms with E-state index in [4.69, 9.17) is 0 Å². The van der Waals surface area contributed by atoms with E-state index in [1.165, 1.54) is 40.7 Å². The summed E-state index contributed by atoms with van der Waals surface area (Å²) in [6, 6.07) is 18.5. The van der Waals surface area contributed by atoms with E-state index in [0.29, 0.717) is 43.5 Å². The maximum atomic E-state index is 13.2. The molecule has 2 fully saturated rings. The molecule has 3 aromatic carbocycles. The maximum Gasteiger partial charge on any atom is 0.573 e. The Labute approximate surface area is 227 Å². The van der Waals surface area contributed by atoms with Gasteiger partial charge in [0.2, 0.25) is 15.9 Å². The topological polar surface area (TPSA) is 95.9 Å². The van der Waals surface area contributed by atoms with Crippen molar-refractivity contribution in [2.24, 2.45) is 0 Å². The Morgan fingerprint density at radius 2 is 1.74 bits per heavy atom. The van der Waals surface area contributed by atoms with Crippen molar-refractivity contribution >= 4 is 21.6 Å². The van der Waals surface area contributed by atoms with Crippen LogP contribution in [-0.4, -0.2) is 49.3 Å². The van der Waals surface area contributed by atoms with Crippen molar-refractivity contribution in [3.8, 4) is 16.9 Å². The molecule has 11 heteroatoms. The number of hydrogen-bond donors (Lipinski definition) is 2. The Morgan fingerprint density at radius 1 is 1.05 bits per heavy atom. The highest BCUT2D eigenvalue weighted by atomic mass is 32.2. The Hall–Kier alpha value is -3.41. The lowest BCUT2D eigenvalue weighted by atomic mass is 9.94. The molecular formula is C28H31F3N2O5S. The summed E-state index contributed by atoms with van der Waals surface area (Å²) >= 11 is 0. The fourth-order valence-corrected chi connectivity index (χ4v) is 6.72. The van der Waals surface area contributed by atoms with Crippen LogP contribution in [0.2, 0.25) is 0 Å². The quantitative estimate of drug-likeness (QED) is 0.374. The highest BCUT2D eigenvalue weighted by molar-refractivity contribution is 7.89. The van der Waals surface area contributed by atoms with Gasteiger partial charge in [-0.3, -0.25) is 4.79 Å². The van der Waals surface area contributed by atoms with Crippen LogP contribution < -0.4 is 10.1 Å². The van der Waals surface area contributed by atoms with Crippen LogP contribution in [0.25, 0.3) is 11.1 Å². The molecule has 1 aliphatic heterocycles. The second-order valence-electron chi connectivity index (χ2n) is 9.81. The van der Waals surface area contributed by atoms with Crippen molar-refractivity contribution < 1.29 is 39.1 Å². The monoisotopic (exact) mass is 564 g/mol. The third-order valence-corrected chi connectivity index (χ3v) is 9.24. The van der Waals surface area contributed by atoms with E-state index in [1.54, 1.807) is 30.3 Å². The van der Waals surface area contributed by atoms with Gasteiger partial charge in [0.25, 0.3) is 0 Å². The van der Waals surface area contributed by atoms with Crippen LogP contribution in [0, 0.1) is 0 Å². The third-order valence-electron chi connectivity index (χ3n) is 7.27. The van der Waals surface area contributed by atoms with Crippen molar-refractivity contribution in [2.45, 2.75) is 48.4 Å². The molecule has 0 bridgehead atoms. The summed E-state index contributed by atoms with van der Waals surface area (Å²) in [6.07, 6.45) is -2.30. The molecule has 1 aliphatic carbocycles. The van der Waals surface area contributed by atoms with Gasteiger partial charge in [0, 0.05) is 21.1 Å². The fraction of sp³-hybridized carbons (Fsp3) is 0.321. The number of nitrogens with zero attached hydrogens (tertiary/aromatic N) is 1. The van der Waals surface area contributed by atoms with E-state index >= 15 is 0 Å². The molecular weight excluding hydrogens is 533 g/mol. The van der Waals surface area contributed by atoms with Gasteiger partial charge in [-0.1, -0.05) is 36.4 Å². The summed E-state index contributed by atoms with van der Waals surface area (Å²) in [5, 5.41) is 12.4. The average Bonchev–Trinajstić information content (AvgIpc) is 3.57. The fourth-order valence-electron chi connectivity index (χ4n) is 5.04. The smallest absolute Gasteiger partial charge is 0.406 e. The van der Waals surface area contributed by atoms with Gasteiger partial charge in [0.05, 0.1) is 16.9 Å². The SMILES string of the molecule is O=C(Nc1cccc(-c2ccc(S(=O)(=O)N3CCC[C@@H]3CO)cc2)c1)C1(c2ccc(OC(F)(F)F)cc2)CC1.[HH].[HH]. The van der Waals surface area contributed by atoms with E-state index in [9.17, 15) is 31.5 Å². The summed E-state index contributed by atoms with van der Waals surface area (Å²) in [5.74, 6) is -0.600. The first-order chi connectivity index (χ1) is 18.5. The molecule has 0 radical (unpaired) electrons. The number of benzene rings is 3. The van der Waals surface area contributed by atoms with Gasteiger partial charge < -0.3 is 15.2 Å². The van der Waals surface area contributed by atoms with E-state index in [2.05, 4.69) is 10.1 Å². The number of hydrogen-bond acceptors (Lipinski definition) is 5. The van der Waals surface area contributed by atoms with Crippen molar-refractivity contribution in [2.75, 3.05) is 18.5 Å². The largest absolute Gasteiger partial charge is 0.573 e. The van der Waals surface area contributed by atoms with Gasteiger partial charge in [-0.05, 0) is 78.8 Å². The minimum atomic E-state index is -4.79. The zero-order valence-electron chi connectivity index (χ0n) is 20.8. The number of aliphatic hydroxyl groups excluding tert-OH is 1. The van der Waals surface area contributed by atoms with E-state index in [1.807, 2.05) is 6.07 Å². The average molecular weight is 565 g/mol. The van der Waals surface area contributed by atoms with E-state index < -0.39 is 27.8 Å². The highest BCUT2D eigenvalue weighted by Gasteiger charge is 2.51. The molecule has 2 N–H and O–H groups in total. The molecule has 7 nitrogen and oxygen atoms in total. The minimum absolute atomic E-state index is 0. The molecule has 1 saturated heterocycles. The number of alkyl halides is 3. The molecule has 1 saturated carbocycles. The molecule has 0 aromatic heterocycles. The Kier molecular flexibility index (Phi) is 7.17. The van der Waals surface area contributed by atoms with Gasteiger partial charge in [0.15, 0.2) is 0 Å². The number of aliphatic hydroxyl groups is 1. The molecule has 1 amide bonds. The summed E-state index contributed by atoms with van der Waals surface area (Å²) in [7, 11) is -3.72. The Bertz CT molecular complexity index is 1470. The first-order valence-electron chi connectivity index (χ1n) is 12.5. The molecule has 5 rings (SSSR count). The highest BCUT2D eigenvalue weighted by Crippen LogP contribution is 2.49. The predicted octanol–water partition coefficient (Wildman–Crippen LogP) is 5.56. The second-order valence-corrected chi connectivity index (χ2v) is 11.7. The molecule has 1 heterocycles. The number of nitrogens with one attached hydrogen (secondary N) is 1. The lowest BCUT2D eigenvalue weighted by Crippen LogP contribution is -2.37. The Morgan fingerprint density at radius 3 is 2.36 bits per heavy atom. The summed E-state index contributed by atoms with van der Waals surface area (Å²) in [5.41, 5.74) is 1.87. The van der Waals surface area contributed by atoms with E-state index in [0.717, 1.165) is 11.1 Å². The molecule has 210 valence electrons. The lowest BCUT2D eigenvalue weighted by molar-refractivity contribution is -0.274. The second kappa shape index (κ2) is 10.3. The number of anilines is 1. The maximum absolute atomic E-state index is 13.2. The first kappa shape index (κ1) is 27.2. The number of carbonyl (C=O) groups is 1. The number of rotatable bonds is 8. The minimum Gasteiger partial charge on any atom is -0.406 e. The van der Waals surface area contributed by atoms with Crippen molar-refractivity contribution in [3.63, 3.8) is 0 Å². The van der Waals surface area contributed by atoms with Gasteiger partial charge in [0.1, 0.15) is 5.75 Å². The van der Waals surface area contributed by atoms with Crippen molar-refractivity contribution in [1.82, 2.24) is 4.31 Å². The van der Waals surface area contributed by atoms with Crippen LogP contribution in [-0.2, 0) is 20.2 Å². The van der Waals surface area contributed by atoms with Crippen molar-refractivity contribution in [3.05, 3.63) is 78.4 Å². The number of carbonyl (C=O) groups excluding carboxylic acids is 1. The standard InChI is InChI=1S/C28H27F3N2O5S.2H2/c29-28(30,31)38-24-10-8-21(9-11-24)27(14-15-27)26(35)32-22-4-1-3-20(17-22)19-6-12-25(13-7-19)39(36,37)33-16-2-5-23(33)18-34;;/h1,3-4,6-13,17,23,34H,2,5,14-16,18H2,(H,32,35);2*1H/t23-;;/m1../s1. The van der Waals surface area contributed by atoms with Crippen molar-refractivity contribution in [1.29, 1.82) is 0 Å². The van der Waals surface area contributed by atoms with Crippen LogP contribution in [0.4, 0.5) is 18.9 Å². The number of halogens is 3. The van der Waals surface area contributed by atoms with Crippen LogP contribution in [0.1, 0.15) is 34.1 Å². The summed E-state index contributed by atoms with van der Waals surface area (Å²) in [4.78, 5) is 13.3. The number of amides is 1.